The van der Waals surface area contributed by atoms with Gasteiger partial charge in [-0.2, -0.15) is 4.98 Å². The van der Waals surface area contributed by atoms with Gasteiger partial charge in [0.25, 0.3) is 0 Å². The number of carbonyl (C=O) groups excluding carboxylic acids is 1. The van der Waals surface area contributed by atoms with Crippen LogP contribution in [0.25, 0.3) is 0 Å². The summed E-state index contributed by atoms with van der Waals surface area (Å²) in [7, 11) is 0. The lowest BCUT2D eigenvalue weighted by atomic mass is 10.5. The maximum atomic E-state index is 11.8. The highest BCUT2D eigenvalue weighted by Crippen LogP contribution is 2.27. The fraction of sp³-hybridized carbons (Fsp3) is 0.545. The van der Waals surface area contributed by atoms with Crippen LogP contribution < -0.4 is 11.0 Å². The standard InChI is InChI=1S/C11H15N3O6/c1-5(16)12-7-2-3-14(11(19)13-7)10-9(18)8(17)6(4-15)20-10/h2-3,6,8-10,15,17-18H,4H2,1H3,(H,12,13,16,19)/t6-,8+,9+,10-/m1/s1/i4+1,6+1,8+1,9+1,10+1. The van der Waals surface area contributed by atoms with E-state index in [1.807, 2.05) is 0 Å². The van der Waals surface area contributed by atoms with Gasteiger partial charge < -0.3 is 25.4 Å². The van der Waals surface area contributed by atoms with Crippen molar-refractivity contribution in [1.82, 2.24) is 9.55 Å². The van der Waals surface area contributed by atoms with Gasteiger partial charge in [-0.15, -0.1) is 0 Å². The number of anilines is 1. The fourth-order valence-corrected chi connectivity index (χ4v) is 1.97. The summed E-state index contributed by atoms with van der Waals surface area (Å²) in [6.45, 7) is 0.792. The monoisotopic (exact) mass is 290 g/mol. The summed E-state index contributed by atoms with van der Waals surface area (Å²) in [6.07, 6.45) is -3.50. The minimum atomic E-state index is -1.36. The molecule has 4 atom stereocenters. The molecule has 1 fully saturated rings. The van der Waals surface area contributed by atoms with E-state index >= 15 is 0 Å². The Hall–Kier alpha value is -1.81. The van der Waals surface area contributed by atoms with Crippen LogP contribution in [0.1, 0.15) is 13.2 Å². The van der Waals surface area contributed by atoms with Gasteiger partial charge in [-0.1, -0.05) is 0 Å². The van der Waals surface area contributed by atoms with Gasteiger partial charge in [0, 0.05) is 13.1 Å². The second-order valence-electron chi connectivity index (χ2n) is 4.41. The largest absolute Gasteiger partial charge is 0.394 e. The van der Waals surface area contributed by atoms with Gasteiger partial charge in [-0.3, -0.25) is 9.36 Å². The summed E-state index contributed by atoms with van der Waals surface area (Å²) < 4.78 is 6.19. The molecule has 1 aliphatic heterocycles. The first-order valence-corrected chi connectivity index (χ1v) is 5.93. The molecule has 9 heteroatoms. The molecule has 1 aliphatic rings. The molecule has 0 aliphatic carbocycles. The molecule has 20 heavy (non-hydrogen) atoms. The van der Waals surface area contributed by atoms with Crippen LogP contribution in [0.2, 0.25) is 0 Å². The van der Waals surface area contributed by atoms with Gasteiger partial charge in [0.05, 0.1) is 6.61 Å². The molecular weight excluding hydrogens is 275 g/mol. The van der Waals surface area contributed by atoms with Gasteiger partial charge in [0.1, 0.15) is 24.1 Å². The van der Waals surface area contributed by atoms with E-state index in [1.165, 1.54) is 19.2 Å². The summed E-state index contributed by atoms with van der Waals surface area (Å²) in [5, 5.41) is 30.8. The topological polar surface area (TPSA) is 134 Å². The predicted molar refractivity (Wildman–Crippen MR) is 65.8 cm³/mol. The Kier molecular flexibility index (Phi) is 4.14. The molecule has 1 aromatic heterocycles. The lowest BCUT2D eigenvalue weighted by Gasteiger charge is -2.17. The molecule has 0 unspecified atom stereocenters. The molecule has 1 aromatic rings. The number of aliphatic hydroxyl groups is 3. The van der Waals surface area contributed by atoms with Crippen molar-refractivity contribution >= 4 is 11.7 Å². The first-order chi connectivity index (χ1) is 9.43. The molecule has 0 radical (unpaired) electrons. The molecule has 1 saturated heterocycles. The van der Waals surface area contributed by atoms with Crippen molar-refractivity contribution in [3.63, 3.8) is 0 Å². The average molecular weight is 290 g/mol. The molecular formula is C11H15N3O6. The molecule has 2 heterocycles. The van der Waals surface area contributed by atoms with Crippen molar-refractivity contribution in [2.75, 3.05) is 11.9 Å². The van der Waals surface area contributed by atoms with Crippen molar-refractivity contribution in [3.8, 4) is 0 Å². The van der Waals surface area contributed by atoms with Crippen LogP contribution in [0.4, 0.5) is 5.82 Å². The number of hydrogen-bond acceptors (Lipinski definition) is 7. The van der Waals surface area contributed by atoms with Crippen molar-refractivity contribution in [3.05, 3.63) is 22.7 Å². The van der Waals surface area contributed by atoms with Crippen LogP contribution in [0, 0.1) is 0 Å². The van der Waals surface area contributed by atoms with Crippen LogP contribution in [-0.2, 0) is 9.53 Å². The lowest BCUT2D eigenvalue weighted by Crippen LogP contribution is -2.36. The van der Waals surface area contributed by atoms with E-state index in [-0.39, 0.29) is 11.7 Å². The summed E-state index contributed by atoms with van der Waals surface area (Å²) in [5.41, 5.74) is -0.758. The zero-order valence-corrected chi connectivity index (χ0v) is 10.6. The molecule has 9 nitrogen and oxygen atoms in total. The number of aromatic nitrogens is 2. The molecule has 0 spiro atoms. The van der Waals surface area contributed by atoms with Crippen molar-refractivity contribution in [2.45, 2.75) is 31.5 Å². The highest BCUT2D eigenvalue weighted by molar-refractivity contribution is 5.87. The number of carbonyl (C=O) groups is 1. The first-order valence-electron chi connectivity index (χ1n) is 5.93. The molecule has 1 amide bonds. The number of amides is 1. The number of ether oxygens (including phenoxy) is 1. The Morgan fingerprint density at radius 2 is 2.20 bits per heavy atom. The Labute approximate surface area is 113 Å². The van der Waals surface area contributed by atoms with Crippen LogP contribution in [0.5, 0.6) is 0 Å². The van der Waals surface area contributed by atoms with Crippen LogP contribution in [0.15, 0.2) is 17.1 Å². The van der Waals surface area contributed by atoms with Crippen molar-refractivity contribution < 1.29 is 24.9 Å². The zero-order chi connectivity index (χ0) is 14.9. The van der Waals surface area contributed by atoms with Crippen LogP contribution in [-0.4, -0.2) is 55.7 Å². The summed E-state index contributed by atoms with van der Waals surface area (Å²) >= 11 is 0. The van der Waals surface area contributed by atoms with Crippen LogP contribution in [0.3, 0.4) is 0 Å². The molecule has 4 N–H and O–H groups in total. The number of rotatable bonds is 3. The molecule has 110 valence electrons. The maximum absolute atomic E-state index is 11.8. The predicted octanol–water partition coefficient (Wildman–Crippen LogP) is -2.19. The van der Waals surface area contributed by atoms with E-state index in [2.05, 4.69) is 10.3 Å². The number of aliphatic hydroxyl groups excluding tert-OH is 3. The van der Waals surface area contributed by atoms with Gasteiger partial charge in [-0.05, 0) is 6.07 Å². The SMILES string of the molecule is CC(=O)Nc1ccn([13C@@H]2O[13C@H]([13CH2]O)[13C@H](O)[13C@@H]2O)c(=O)n1. The minimum Gasteiger partial charge on any atom is -0.394 e. The van der Waals surface area contributed by atoms with E-state index in [1.54, 1.807) is 0 Å². The first kappa shape index (κ1) is 14.6. The van der Waals surface area contributed by atoms with E-state index in [0.29, 0.717) is 0 Å². The van der Waals surface area contributed by atoms with Crippen LogP contribution >= 0.6 is 0 Å². The number of hydrogen-bond donors (Lipinski definition) is 4. The maximum Gasteiger partial charge on any atom is 0.351 e. The lowest BCUT2D eigenvalue weighted by molar-refractivity contribution is -0.114. The Morgan fingerprint density at radius 1 is 1.50 bits per heavy atom. The quantitative estimate of drug-likeness (QED) is 0.465. The van der Waals surface area contributed by atoms with Crippen molar-refractivity contribution in [2.24, 2.45) is 0 Å². The molecule has 2 rings (SSSR count). The number of nitrogens with one attached hydrogen (secondary N) is 1. The minimum absolute atomic E-state index is 0.0745. The van der Waals surface area contributed by atoms with Gasteiger partial charge in [0.15, 0.2) is 6.23 Å². The second kappa shape index (κ2) is 5.67. The molecule has 0 bridgehead atoms. The van der Waals surface area contributed by atoms with Gasteiger partial charge in [-0.25, -0.2) is 4.79 Å². The normalized spacial score (nSPS) is 29.4. The average Bonchev–Trinajstić information content (AvgIpc) is 2.66. The van der Waals surface area contributed by atoms with Gasteiger partial charge >= 0.3 is 5.69 Å². The van der Waals surface area contributed by atoms with Gasteiger partial charge in [0.2, 0.25) is 5.91 Å². The van der Waals surface area contributed by atoms with E-state index in [0.717, 1.165) is 4.57 Å². The number of nitrogens with zero attached hydrogens (tertiary/aromatic N) is 2. The fourth-order valence-electron chi connectivity index (χ4n) is 1.97. The molecule has 0 saturated carbocycles. The smallest absolute Gasteiger partial charge is 0.351 e. The van der Waals surface area contributed by atoms with E-state index < -0.39 is 36.8 Å². The summed E-state index contributed by atoms with van der Waals surface area (Å²) in [6, 6.07) is 1.36. The van der Waals surface area contributed by atoms with Crippen molar-refractivity contribution in [1.29, 1.82) is 0 Å². The second-order valence-corrected chi connectivity index (χ2v) is 4.41. The highest BCUT2D eigenvalue weighted by atomic mass is 16.8. The third-order valence-electron chi connectivity index (χ3n) is 2.93. The van der Waals surface area contributed by atoms with E-state index in [9.17, 15) is 19.8 Å². The zero-order valence-electron chi connectivity index (χ0n) is 10.6. The summed E-state index contributed by atoms with van der Waals surface area (Å²) in [4.78, 5) is 26.3. The third kappa shape index (κ3) is 2.70. The Bertz CT molecular complexity index is 559. The molecule has 0 aromatic carbocycles. The third-order valence-corrected chi connectivity index (χ3v) is 2.93. The summed E-state index contributed by atoms with van der Waals surface area (Å²) in [5.74, 6) is -0.298. The highest BCUT2D eigenvalue weighted by Gasteiger charge is 2.43. The van der Waals surface area contributed by atoms with E-state index in [4.69, 9.17) is 9.84 Å². The Morgan fingerprint density at radius 3 is 2.70 bits per heavy atom. The Balaban J connectivity index is 2.26.